The first-order chi connectivity index (χ1) is 13.9. The Labute approximate surface area is 178 Å². The zero-order valence-electron chi connectivity index (χ0n) is 15.9. The number of benzene rings is 2. The van der Waals surface area contributed by atoms with Gasteiger partial charge >= 0.3 is 5.97 Å². The normalized spacial score (nSPS) is 15.4. The van der Waals surface area contributed by atoms with Crippen LogP contribution >= 0.6 is 24.0 Å². The van der Waals surface area contributed by atoms with Gasteiger partial charge in [-0.25, -0.2) is 0 Å². The summed E-state index contributed by atoms with van der Waals surface area (Å²) in [4.78, 5) is 25.1. The lowest BCUT2D eigenvalue weighted by Crippen LogP contribution is -2.33. The molecule has 0 radical (unpaired) electrons. The van der Waals surface area contributed by atoms with E-state index in [1.165, 1.54) is 0 Å². The topological polar surface area (TPSA) is 76.1 Å². The van der Waals surface area contributed by atoms with Crippen LogP contribution in [0.4, 0.5) is 0 Å². The molecular formula is C21H19NO5S2. The molecule has 0 aliphatic carbocycles. The molecule has 0 unspecified atom stereocenters. The van der Waals surface area contributed by atoms with E-state index in [1.807, 2.05) is 36.4 Å². The number of carbonyl (C=O) groups excluding carboxylic acids is 1. The Balaban J connectivity index is 1.83. The number of methoxy groups -OCH3 is 1. The molecule has 2 aromatic carbocycles. The van der Waals surface area contributed by atoms with Crippen molar-refractivity contribution in [2.45, 2.75) is 13.5 Å². The van der Waals surface area contributed by atoms with E-state index >= 15 is 0 Å². The molecular weight excluding hydrogens is 410 g/mol. The molecule has 1 aliphatic heterocycles. The molecule has 3 rings (SSSR count). The second-order valence-corrected chi connectivity index (χ2v) is 7.89. The number of thiocarbonyl (C=S) groups is 1. The van der Waals surface area contributed by atoms with E-state index in [-0.39, 0.29) is 4.32 Å². The van der Waals surface area contributed by atoms with Crippen molar-refractivity contribution in [3.05, 3.63) is 64.6 Å². The maximum absolute atomic E-state index is 12.6. The predicted octanol–water partition coefficient (Wildman–Crippen LogP) is 3.95. The number of carboxylic acid groups (broad SMARTS) is 1. The molecule has 1 heterocycles. The third-order valence-electron chi connectivity index (χ3n) is 4.32. The Morgan fingerprint density at radius 3 is 2.55 bits per heavy atom. The number of rotatable bonds is 7. The van der Waals surface area contributed by atoms with Crippen LogP contribution in [0, 0.1) is 0 Å². The monoisotopic (exact) mass is 429 g/mol. The fourth-order valence-electron chi connectivity index (χ4n) is 2.79. The van der Waals surface area contributed by atoms with Crippen molar-refractivity contribution >= 4 is 45.7 Å². The Morgan fingerprint density at radius 2 is 1.90 bits per heavy atom. The molecule has 2 aromatic rings. The van der Waals surface area contributed by atoms with Gasteiger partial charge in [0.05, 0.1) is 12.0 Å². The fourth-order valence-corrected chi connectivity index (χ4v) is 4.08. The van der Waals surface area contributed by atoms with E-state index in [2.05, 4.69) is 0 Å². The highest BCUT2D eigenvalue weighted by molar-refractivity contribution is 8.26. The van der Waals surface area contributed by atoms with Gasteiger partial charge in [-0.05, 0) is 35.8 Å². The number of ether oxygens (including phenoxy) is 2. The first-order valence-electron chi connectivity index (χ1n) is 8.72. The Hall–Kier alpha value is -2.84. The molecule has 29 heavy (non-hydrogen) atoms. The van der Waals surface area contributed by atoms with Crippen LogP contribution in [-0.2, 0) is 16.2 Å². The van der Waals surface area contributed by atoms with Crippen molar-refractivity contribution < 1.29 is 24.2 Å². The molecule has 6 nitrogen and oxygen atoms in total. The van der Waals surface area contributed by atoms with Gasteiger partial charge in [0.25, 0.3) is 5.91 Å². The molecule has 1 N–H and O–H groups in total. The number of hydrogen-bond donors (Lipinski definition) is 1. The number of carbonyl (C=O) groups is 2. The van der Waals surface area contributed by atoms with Gasteiger partial charge in [-0.3, -0.25) is 14.5 Å². The molecule has 0 bridgehead atoms. The molecule has 150 valence electrons. The highest BCUT2D eigenvalue weighted by atomic mass is 32.2. The second kappa shape index (κ2) is 9.11. The van der Waals surface area contributed by atoms with Gasteiger partial charge in [-0.15, -0.1) is 0 Å². The fraction of sp³-hybridized carbons (Fsp3) is 0.190. The van der Waals surface area contributed by atoms with Crippen molar-refractivity contribution in [2.24, 2.45) is 0 Å². The average molecular weight is 430 g/mol. The summed E-state index contributed by atoms with van der Waals surface area (Å²) >= 11 is 6.26. The summed E-state index contributed by atoms with van der Waals surface area (Å²) in [6.07, 6.45) is 0. The average Bonchev–Trinajstić information content (AvgIpc) is 3.00. The number of hydrogen-bond acceptors (Lipinski definition) is 6. The number of carboxylic acids is 1. The van der Waals surface area contributed by atoms with Crippen molar-refractivity contribution in [2.75, 3.05) is 13.7 Å². The highest BCUT2D eigenvalue weighted by Crippen LogP contribution is 2.38. The maximum atomic E-state index is 12.6. The van der Waals surface area contributed by atoms with Crippen LogP contribution in [-0.4, -0.2) is 39.9 Å². The third-order valence-corrected chi connectivity index (χ3v) is 5.87. The van der Waals surface area contributed by atoms with Crippen molar-refractivity contribution in [1.82, 2.24) is 4.90 Å². The third kappa shape index (κ3) is 4.78. The number of allylic oxidation sites excluding steroid dienone is 1. The van der Waals surface area contributed by atoms with Crippen LogP contribution in [0.25, 0.3) is 5.57 Å². The van der Waals surface area contributed by atoms with Crippen LogP contribution in [0.5, 0.6) is 11.5 Å². The number of nitrogens with zero attached hydrogens (tertiary/aromatic N) is 1. The van der Waals surface area contributed by atoms with Crippen LogP contribution in [0.15, 0.2) is 53.4 Å². The zero-order chi connectivity index (χ0) is 21.0. The molecule has 1 aliphatic rings. The van der Waals surface area contributed by atoms with Crippen molar-refractivity contribution in [3.8, 4) is 11.5 Å². The first kappa shape index (κ1) is 20.9. The van der Waals surface area contributed by atoms with Crippen LogP contribution < -0.4 is 9.47 Å². The van der Waals surface area contributed by atoms with E-state index in [4.69, 9.17) is 26.8 Å². The van der Waals surface area contributed by atoms with Gasteiger partial charge in [0.1, 0.15) is 17.5 Å². The zero-order valence-corrected chi connectivity index (χ0v) is 17.5. The van der Waals surface area contributed by atoms with Gasteiger partial charge in [0.2, 0.25) is 0 Å². The Morgan fingerprint density at radius 1 is 1.17 bits per heavy atom. The lowest BCUT2D eigenvalue weighted by atomic mass is 10.1. The summed E-state index contributed by atoms with van der Waals surface area (Å²) in [5.74, 6) is -0.379. The summed E-state index contributed by atoms with van der Waals surface area (Å²) in [7, 11) is 1.55. The SMILES string of the molecule is COc1cc(/C(C)=C2\SC(=S)N(CC(=O)O)C2=O)ccc1OCc1ccccc1. The molecule has 0 atom stereocenters. The van der Waals surface area contributed by atoms with E-state index in [0.717, 1.165) is 27.8 Å². The Bertz CT molecular complexity index is 988. The van der Waals surface area contributed by atoms with Crippen molar-refractivity contribution in [1.29, 1.82) is 0 Å². The van der Waals surface area contributed by atoms with Crippen LogP contribution in [0.1, 0.15) is 18.1 Å². The van der Waals surface area contributed by atoms with Gasteiger partial charge in [0, 0.05) is 0 Å². The van der Waals surface area contributed by atoms with Gasteiger partial charge in [-0.2, -0.15) is 0 Å². The smallest absolute Gasteiger partial charge is 0.323 e. The molecule has 1 saturated heterocycles. The molecule has 1 amide bonds. The van der Waals surface area contributed by atoms with Gasteiger partial charge < -0.3 is 14.6 Å². The molecule has 0 spiro atoms. The maximum Gasteiger partial charge on any atom is 0.323 e. The summed E-state index contributed by atoms with van der Waals surface area (Å²) in [5, 5.41) is 8.97. The van der Waals surface area contributed by atoms with E-state index < -0.39 is 18.4 Å². The minimum Gasteiger partial charge on any atom is -0.493 e. The minimum atomic E-state index is -1.11. The lowest BCUT2D eigenvalue weighted by Gasteiger charge is -2.13. The second-order valence-electron chi connectivity index (χ2n) is 6.25. The van der Waals surface area contributed by atoms with E-state index in [0.29, 0.717) is 28.6 Å². The van der Waals surface area contributed by atoms with Crippen molar-refractivity contribution in [3.63, 3.8) is 0 Å². The summed E-state index contributed by atoms with van der Waals surface area (Å²) < 4.78 is 11.6. The molecule has 0 saturated carbocycles. The molecule has 0 aromatic heterocycles. The Kier molecular flexibility index (Phi) is 6.56. The summed E-state index contributed by atoms with van der Waals surface area (Å²) in [5.41, 5.74) is 2.50. The first-order valence-corrected chi connectivity index (χ1v) is 9.94. The summed E-state index contributed by atoms with van der Waals surface area (Å²) in [6, 6.07) is 15.2. The molecule has 1 fully saturated rings. The van der Waals surface area contributed by atoms with E-state index in [1.54, 1.807) is 26.2 Å². The predicted molar refractivity (Wildman–Crippen MR) is 116 cm³/mol. The quantitative estimate of drug-likeness (QED) is 0.528. The van der Waals surface area contributed by atoms with Gasteiger partial charge in [0.15, 0.2) is 11.5 Å². The lowest BCUT2D eigenvalue weighted by molar-refractivity contribution is -0.140. The van der Waals surface area contributed by atoms with E-state index in [9.17, 15) is 9.59 Å². The highest BCUT2D eigenvalue weighted by Gasteiger charge is 2.35. The standard InChI is InChI=1S/C21H19NO5S2/c1-13(19-20(25)22(11-18(23)24)21(28)29-19)15-8-9-16(17(10-15)26-2)27-12-14-6-4-3-5-7-14/h3-10H,11-12H2,1-2H3,(H,23,24)/b19-13-. The van der Waals surface area contributed by atoms with Gasteiger partial charge in [-0.1, -0.05) is 60.4 Å². The largest absolute Gasteiger partial charge is 0.493 e. The number of amides is 1. The van der Waals surface area contributed by atoms with Crippen LogP contribution in [0.2, 0.25) is 0 Å². The number of aliphatic carboxylic acids is 1. The van der Waals surface area contributed by atoms with Crippen LogP contribution in [0.3, 0.4) is 0 Å². The minimum absolute atomic E-state index is 0.238. The summed E-state index contributed by atoms with van der Waals surface area (Å²) in [6.45, 7) is 1.76. The molecule has 8 heteroatoms. The number of thioether (sulfide) groups is 1.